The first-order valence-electron chi connectivity index (χ1n) is 8.99. The van der Waals surface area contributed by atoms with E-state index in [0.717, 1.165) is 27.1 Å². The second-order valence-electron chi connectivity index (χ2n) is 6.25. The van der Waals surface area contributed by atoms with Gasteiger partial charge in [0.2, 0.25) is 0 Å². The van der Waals surface area contributed by atoms with E-state index in [1.807, 2.05) is 78.4 Å². The molecule has 4 aromatic rings. The Morgan fingerprint density at radius 2 is 1.76 bits per heavy atom. The zero-order chi connectivity index (χ0) is 20.8. The molecule has 0 aliphatic carbocycles. The SMILES string of the molecule is C=NC.COSc1ccc(-c2nc3ccccc3c(-n3cccc3C)c2F)cc1. The van der Waals surface area contributed by atoms with Gasteiger partial charge in [0, 0.05) is 46.8 Å². The van der Waals surface area contributed by atoms with E-state index in [9.17, 15) is 0 Å². The lowest BCUT2D eigenvalue weighted by atomic mass is 10.1. The number of benzene rings is 2. The molecule has 0 saturated heterocycles. The standard InChI is InChI=1S/C21H17FN2OS.C2H5N/c1-14-6-5-13-24(14)21-17-7-3-4-8-18(17)23-20(19(21)22)15-9-11-16(12-10-15)26-25-2;1-3-2/h3-13H,1-2H3;1H2,2H3. The molecular weight excluding hydrogens is 385 g/mol. The van der Waals surface area contributed by atoms with E-state index in [-0.39, 0.29) is 5.82 Å². The number of aromatic nitrogens is 2. The minimum absolute atomic E-state index is 0.324. The first-order valence-corrected chi connectivity index (χ1v) is 9.73. The number of halogens is 1. The van der Waals surface area contributed by atoms with E-state index < -0.39 is 0 Å². The zero-order valence-corrected chi connectivity index (χ0v) is 17.4. The molecule has 0 atom stereocenters. The van der Waals surface area contributed by atoms with Gasteiger partial charge >= 0.3 is 0 Å². The Morgan fingerprint density at radius 1 is 1.07 bits per heavy atom. The maximum atomic E-state index is 15.6. The number of para-hydroxylation sites is 1. The highest BCUT2D eigenvalue weighted by atomic mass is 32.2. The van der Waals surface area contributed by atoms with Crippen LogP contribution in [0.25, 0.3) is 27.8 Å². The molecule has 6 heteroatoms. The third-order valence-corrected chi connectivity index (χ3v) is 4.94. The van der Waals surface area contributed by atoms with Crippen molar-refractivity contribution in [3.8, 4) is 16.9 Å². The van der Waals surface area contributed by atoms with Gasteiger partial charge in [-0.1, -0.05) is 30.3 Å². The molecular formula is C23H22FN3OS. The molecule has 0 unspecified atom stereocenters. The molecule has 0 aliphatic rings. The van der Waals surface area contributed by atoms with Crippen molar-refractivity contribution in [1.82, 2.24) is 9.55 Å². The number of fused-ring (bicyclic) bond motifs is 1. The molecule has 0 amide bonds. The third-order valence-electron chi connectivity index (χ3n) is 4.31. The molecule has 4 nitrogen and oxygen atoms in total. The predicted molar refractivity (Wildman–Crippen MR) is 120 cm³/mol. The highest BCUT2D eigenvalue weighted by Crippen LogP contribution is 2.33. The summed E-state index contributed by atoms with van der Waals surface area (Å²) in [5.41, 5.74) is 3.35. The van der Waals surface area contributed by atoms with E-state index in [1.54, 1.807) is 14.2 Å². The summed E-state index contributed by atoms with van der Waals surface area (Å²) in [4.78, 5) is 8.80. The predicted octanol–water partition coefficient (Wildman–Crippen LogP) is 6.11. The van der Waals surface area contributed by atoms with Gasteiger partial charge in [0.25, 0.3) is 0 Å². The van der Waals surface area contributed by atoms with Crippen LogP contribution in [0, 0.1) is 12.7 Å². The van der Waals surface area contributed by atoms with Crippen LogP contribution >= 0.6 is 12.0 Å². The number of rotatable bonds is 4. The second-order valence-corrected chi connectivity index (χ2v) is 7.22. The van der Waals surface area contributed by atoms with Gasteiger partial charge in [-0.15, -0.1) is 0 Å². The summed E-state index contributed by atoms with van der Waals surface area (Å²) < 4.78 is 22.5. The zero-order valence-electron chi connectivity index (χ0n) is 16.6. The second kappa shape index (κ2) is 9.49. The van der Waals surface area contributed by atoms with Gasteiger partial charge in [-0.25, -0.2) is 9.37 Å². The molecule has 0 saturated carbocycles. The fourth-order valence-electron chi connectivity index (χ4n) is 3.08. The van der Waals surface area contributed by atoms with E-state index in [4.69, 9.17) is 4.18 Å². The van der Waals surface area contributed by atoms with Gasteiger partial charge < -0.3 is 13.7 Å². The first-order chi connectivity index (χ1) is 14.1. The lowest BCUT2D eigenvalue weighted by Crippen LogP contribution is -2.03. The van der Waals surface area contributed by atoms with Gasteiger partial charge in [-0.2, -0.15) is 0 Å². The van der Waals surface area contributed by atoms with Crippen LogP contribution in [0.3, 0.4) is 0 Å². The number of nitrogens with zero attached hydrogens (tertiary/aromatic N) is 3. The van der Waals surface area contributed by atoms with Gasteiger partial charge in [-0.05, 0) is 44.0 Å². The Morgan fingerprint density at radius 3 is 2.38 bits per heavy atom. The minimum Gasteiger partial charge on any atom is -0.318 e. The summed E-state index contributed by atoms with van der Waals surface area (Å²) in [6.07, 6.45) is 1.88. The van der Waals surface area contributed by atoms with Crippen LogP contribution in [0.2, 0.25) is 0 Å². The van der Waals surface area contributed by atoms with Crippen LogP contribution in [0.1, 0.15) is 5.69 Å². The summed E-state index contributed by atoms with van der Waals surface area (Å²) in [5, 5.41) is 0.791. The van der Waals surface area contributed by atoms with Crippen molar-refractivity contribution in [2.45, 2.75) is 11.8 Å². The average molecular weight is 408 g/mol. The Kier molecular flexibility index (Phi) is 6.80. The molecule has 0 spiro atoms. The fourth-order valence-corrected chi connectivity index (χ4v) is 3.52. The van der Waals surface area contributed by atoms with Crippen molar-refractivity contribution in [3.05, 3.63) is 78.4 Å². The van der Waals surface area contributed by atoms with Crippen LogP contribution in [0.15, 0.2) is 76.7 Å². The molecule has 2 aromatic heterocycles. The van der Waals surface area contributed by atoms with Crippen molar-refractivity contribution >= 4 is 29.7 Å². The molecule has 2 heterocycles. The molecule has 0 fully saturated rings. The lowest BCUT2D eigenvalue weighted by Gasteiger charge is -2.15. The average Bonchev–Trinajstić information content (AvgIpc) is 3.14. The monoisotopic (exact) mass is 407 g/mol. The molecule has 4 rings (SSSR count). The Hall–Kier alpha value is -2.96. The maximum absolute atomic E-state index is 15.6. The normalized spacial score (nSPS) is 10.5. The topological polar surface area (TPSA) is 39.4 Å². The van der Waals surface area contributed by atoms with Crippen LogP contribution in [-0.4, -0.2) is 30.4 Å². The Labute approximate surface area is 174 Å². The van der Waals surface area contributed by atoms with E-state index in [0.29, 0.717) is 11.4 Å². The lowest BCUT2D eigenvalue weighted by molar-refractivity contribution is 0.490. The summed E-state index contributed by atoms with van der Waals surface area (Å²) in [5.74, 6) is -0.324. The van der Waals surface area contributed by atoms with Gasteiger partial charge in [0.05, 0.1) is 18.3 Å². The van der Waals surface area contributed by atoms with E-state index in [1.165, 1.54) is 12.0 Å². The first kappa shape index (κ1) is 20.8. The van der Waals surface area contributed by atoms with Crippen LogP contribution in [0.4, 0.5) is 4.39 Å². The highest BCUT2D eigenvalue weighted by Gasteiger charge is 2.18. The Bertz CT molecular complexity index is 1120. The van der Waals surface area contributed by atoms with Gasteiger partial charge in [0.15, 0.2) is 5.82 Å². The molecule has 0 N–H and O–H groups in total. The third kappa shape index (κ3) is 4.39. The highest BCUT2D eigenvalue weighted by molar-refractivity contribution is 7.94. The number of aliphatic imine (C=N–C) groups is 1. The smallest absolute Gasteiger partial charge is 0.174 e. The van der Waals surface area contributed by atoms with Crippen molar-refractivity contribution in [2.24, 2.45) is 4.99 Å². The maximum Gasteiger partial charge on any atom is 0.174 e. The number of hydrogen-bond acceptors (Lipinski definition) is 4. The van der Waals surface area contributed by atoms with E-state index in [2.05, 4.69) is 16.7 Å². The quantitative estimate of drug-likeness (QED) is 0.303. The van der Waals surface area contributed by atoms with E-state index >= 15 is 4.39 Å². The molecule has 0 radical (unpaired) electrons. The molecule has 148 valence electrons. The molecule has 29 heavy (non-hydrogen) atoms. The summed E-state index contributed by atoms with van der Waals surface area (Å²) >= 11 is 1.27. The van der Waals surface area contributed by atoms with Crippen LogP contribution < -0.4 is 0 Å². The largest absolute Gasteiger partial charge is 0.318 e. The summed E-state index contributed by atoms with van der Waals surface area (Å²) in [6, 6.07) is 19.1. The van der Waals surface area contributed by atoms with Crippen molar-refractivity contribution in [2.75, 3.05) is 14.2 Å². The number of hydrogen-bond donors (Lipinski definition) is 0. The Balaban J connectivity index is 0.000000755. The van der Waals surface area contributed by atoms with Gasteiger partial charge in [-0.3, -0.25) is 0 Å². The molecule has 2 aromatic carbocycles. The van der Waals surface area contributed by atoms with Crippen molar-refractivity contribution in [3.63, 3.8) is 0 Å². The van der Waals surface area contributed by atoms with Gasteiger partial charge in [0.1, 0.15) is 5.69 Å². The minimum atomic E-state index is -0.324. The fraction of sp³-hybridized carbons (Fsp3) is 0.130. The summed E-state index contributed by atoms with van der Waals surface area (Å²) in [7, 11) is 3.26. The number of aryl methyl sites for hydroxylation is 1. The van der Waals surface area contributed by atoms with Crippen molar-refractivity contribution in [1.29, 1.82) is 0 Å². The summed E-state index contributed by atoms with van der Waals surface area (Å²) in [6.45, 7) is 5.07. The molecule has 0 aliphatic heterocycles. The molecule has 0 bridgehead atoms. The number of pyridine rings is 1. The van der Waals surface area contributed by atoms with Crippen LogP contribution in [0.5, 0.6) is 0 Å². The van der Waals surface area contributed by atoms with Crippen LogP contribution in [-0.2, 0) is 4.18 Å². The van der Waals surface area contributed by atoms with Crippen molar-refractivity contribution < 1.29 is 8.57 Å².